The average molecular weight is 327 g/mol. The minimum Gasteiger partial charge on any atom is -0.478 e. The van der Waals surface area contributed by atoms with Crippen LogP contribution in [-0.2, 0) is 9.47 Å². The zero-order chi connectivity index (χ0) is 16.9. The van der Waals surface area contributed by atoms with E-state index in [-0.39, 0.29) is 12.4 Å². The Morgan fingerprint density at radius 2 is 1.88 bits per heavy atom. The zero-order valence-corrected chi connectivity index (χ0v) is 13.2. The van der Waals surface area contributed by atoms with Gasteiger partial charge >= 0.3 is 5.97 Å². The van der Waals surface area contributed by atoms with Gasteiger partial charge in [0.05, 0.1) is 35.2 Å². The lowest BCUT2D eigenvalue weighted by molar-refractivity contribution is -0.00783. The van der Waals surface area contributed by atoms with Crippen LogP contribution in [0.4, 0.5) is 0 Å². The van der Waals surface area contributed by atoms with Crippen molar-refractivity contribution in [2.24, 2.45) is 0 Å². The number of benzene rings is 2. The van der Waals surface area contributed by atoms with Gasteiger partial charge in [0.25, 0.3) is 0 Å². The number of aromatic nitrogens is 1. The van der Waals surface area contributed by atoms with Gasteiger partial charge in [-0.3, -0.25) is 0 Å². The van der Waals surface area contributed by atoms with E-state index in [4.69, 9.17) is 14.2 Å². The van der Waals surface area contributed by atoms with Crippen molar-refractivity contribution in [3.05, 3.63) is 48.0 Å². The molecular weight excluding hydrogens is 310 g/mol. The number of pyridine rings is 1. The van der Waals surface area contributed by atoms with Crippen LogP contribution in [0.2, 0.25) is 0 Å². The lowest BCUT2D eigenvalue weighted by Gasteiger charge is -2.13. The highest BCUT2D eigenvalue weighted by atomic mass is 16.7. The average Bonchev–Trinajstić information content (AvgIpc) is 2.59. The smallest absolute Gasteiger partial charge is 0.337 e. The van der Waals surface area contributed by atoms with Crippen molar-refractivity contribution in [3.63, 3.8) is 0 Å². The Bertz CT molecular complexity index is 878. The largest absolute Gasteiger partial charge is 0.478 e. The molecule has 6 nitrogen and oxygen atoms in total. The fraction of sp³-hybridized carbons (Fsp3) is 0.222. The molecule has 3 rings (SSSR count). The standard InChI is InChI=1S/C18H17NO5/c1-22-9-10-23-11-24-15-8-4-7-14-17(15)16(18(20)21)12-5-2-3-6-13(12)19-14/h2-8H,9-11H2,1H3,(H,20,21). The number of rotatable bonds is 7. The molecule has 2 aromatic carbocycles. The third kappa shape index (κ3) is 3.15. The lowest BCUT2D eigenvalue weighted by atomic mass is 10.0. The van der Waals surface area contributed by atoms with Gasteiger partial charge in [-0.2, -0.15) is 0 Å². The minimum atomic E-state index is -1.02. The summed E-state index contributed by atoms with van der Waals surface area (Å²) in [4.78, 5) is 16.4. The van der Waals surface area contributed by atoms with E-state index >= 15 is 0 Å². The normalized spacial score (nSPS) is 11.0. The lowest BCUT2D eigenvalue weighted by Crippen LogP contribution is -2.09. The first kappa shape index (κ1) is 16.2. The number of carbonyl (C=O) groups is 1. The highest BCUT2D eigenvalue weighted by Crippen LogP contribution is 2.32. The monoisotopic (exact) mass is 327 g/mol. The first-order chi connectivity index (χ1) is 11.7. The number of hydrogen-bond acceptors (Lipinski definition) is 5. The summed E-state index contributed by atoms with van der Waals surface area (Å²) in [5.41, 5.74) is 1.39. The van der Waals surface area contributed by atoms with Crippen LogP contribution in [0.1, 0.15) is 10.4 Å². The molecule has 1 N–H and O–H groups in total. The van der Waals surface area contributed by atoms with E-state index in [9.17, 15) is 9.90 Å². The van der Waals surface area contributed by atoms with Crippen molar-refractivity contribution >= 4 is 27.8 Å². The molecule has 0 unspecified atom stereocenters. The molecule has 0 amide bonds. The number of carboxylic acid groups (broad SMARTS) is 1. The summed E-state index contributed by atoms with van der Waals surface area (Å²) in [6.45, 7) is 0.869. The molecule has 0 aliphatic carbocycles. The summed E-state index contributed by atoms with van der Waals surface area (Å²) < 4.78 is 15.8. The molecule has 0 aliphatic heterocycles. The Kier molecular flexibility index (Phi) is 4.88. The van der Waals surface area contributed by atoms with E-state index in [0.29, 0.717) is 40.8 Å². The maximum Gasteiger partial charge on any atom is 0.337 e. The van der Waals surface area contributed by atoms with Crippen molar-refractivity contribution in [2.45, 2.75) is 0 Å². The van der Waals surface area contributed by atoms with Gasteiger partial charge in [0.2, 0.25) is 0 Å². The predicted octanol–water partition coefficient (Wildman–Crippen LogP) is 3.09. The molecule has 0 radical (unpaired) electrons. The molecule has 0 fully saturated rings. The maximum absolute atomic E-state index is 11.9. The van der Waals surface area contributed by atoms with Crippen LogP contribution in [0.5, 0.6) is 5.75 Å². The number of carboxylic acids is 1. The molecule has 3 aromatic rings. The first-order valence-electron chi connectivity index (χ1n) is 7.46. The van der Waals surface area contributed by atoms with E-state index in [1.165, 1.54) is 0 Å². The first-order valence-corrected chi connectivity index (χ1v) is 7.46. The highest BCUT2D eigenvalue weighted by molar-refractivity contribution is 6.15. The molecule has 0 bridgehead atoms. The number of aromatic carboxylic acids is 1. The molecule has 124 valence electrons. The number of ether oxygens (including phenoxy) is 3. The quantitative estimate of drug-likeness (QED) is 0.408. The van der Waals surface area contributed by atoms with E-state index in [2.05, 4.69) is 4.98 Å². The third-order valence-electron chi connectivity index (χ3n) is 3.61. The molecule has 0 aliphatic rings. The zero-order valence-electron chi connectivity index (χ0n) is 13.2. The van der Waals surface area contributed by atoms with Gasteiger partial charge in [-0.25, -0.2) is 9.78 Å². The predicted molar refractivity (Wildman–Crippen MR) is 89.5 cm³/mol. The van der Waals surface area contributed by atoms with Crippen LogP contribution < -0.4 is 4.74 Å². The fourth-order valence-corrected chi connectivity index (χ4v) is 2.56. The molecule has 0 spiro atoms. The Balaban J connectivity index is 2.07. The molecule has 0 atom stereocenters. The fourth-order valence-electron chi connectivity index (χ4n) is 2.56. The maximum atomic E-state index is 11.9. The molecular formula is C18H17NO5. The second-order valence-corrected chi connectivity index (χ2v) is 5.12. The summed E-state index contributed by atoms with van der Waals surface area (Å²) in [5, 5.41) is 10.8. The van der Waals surface area contributed by atoms with Crippen LogP contribution in [0, 0.1) is 0 Å². The summed E-state index contributed by atoms with van der Waals surface area (Å²) >= 11 is 0. The van der Waals surface area contributed by atoms with Gasteiger partial charge in [0.15, 0.2) is 6.79 Å². The van der Waals surface area contributed by atoms with Gasteiger partial charge in [-0.15, -0.1) is 0 Å². The second-order valence-electron chi connectivity index (χ2n) is 5.12. The molecule has 0 saturated heterocycles. The number of para-hydroxylation sites is 1. The number of fused-ring (bicyclic) bond motifs is 2. The number of methoxy groups -OCH3 is 1. The Morgan fingerprint density at radius 1 is 1.08 bits per heavy atom. The topological polar surface area (TPSA) is 77.9 Å². The van der Waals surface area contributed by atoms with Crippen molar-refractivity contribution in [2.75, 3.05) is 27.1 Å². The van der Waals surface area contributed by atoms with Crippen molar-refractivity contribution in [3.8, 4) is 5.75 Å². The van der Waals surface area contributed by atoms with Crippen LogP contribution in [0.15, 0.2) is 42.5 Å². The van der Waals surface area contributed by atoms with E-state index < -0.39 is 5.97 Å². The van der Waals surface area contributed by atoms with Crippen molar-refractivity contribution in [1.29, 1.82) is 0 Å². The van der Waals surface area contributed by atoms with Gasteiger partial charge in [0, 0.05) is 12.5 Å². The van der Waals surface area contributed by atoms with Gasteiger partial charge < -0.3 is 19.3 Å². The van der Waals surface area contributed by atoms with Crippen LogP contribution in [-0.4, -0.2) is 43.2 Å². The molecule has 24 heavy (non-hydrogen) atoms. The molecule has 0 saturated carbocycles. The summed E-state index contributed by atoms with van der Waals surface area (Å²) in [5.74, 6) is -0.587. The van der Waals surface area contributed by atoms with Gasteiger partial charge in [0.1, 0.15) is 5.75 Å². The van der Waals surface area contributed by atoms with Crippen LogP contribution >= 0.6 is 0 Å². The van der Waals surface area contributed by atoms with Gasteiger partial charge in [-0.05, 0) is 18.2 Å². The van der Waals surface area contributed by atoms with Crippen LogP contribution in [0.25, 0.3) is 21.8 Å². The SMILES string of the molecule is COCCOCOc1cccc2nc3ccccc3c(C(=O)O)c12. The van der Waals surface area contributed by atoms with E-state index in [1.807, 2.05) is 6.07 Å². The molecule has 6 heteroatoms. The number of hydrogen-bond donors (Lipinski definition) is 1. The summed E-state index contributed by atoms with van der Waals surface area (Å²) in [6.07, 6.45) is 0. The summed E-state index contributed by atoms with van der Waals surface area (Å²) in [6, 6.07) is 12.4. The second kappa shape index (κ2) is 7.25. The highest BCUT2D eigenvalue weighted by Gasteiger charge is 2.18. The Hall–Kier alpha value is -2.70. The third-order valence-corrected chi connectivity index (χ3v) is 3.61. The minimum absolute atomic E-state index is 0.00829. The number of nitrogens with zero attached hydrogens (tertiary/aromatic N) is 1. The van der Waals surface area contributed by atoms with Crippen LogP contribution in [0.3, 0.4) is 0 Å². The Labute approximate surface area is 138 Å². The van der Waals surface area contributed by atoms with Crippen molar-refractivity contribution < 1.29 is 24.1 Å². The molecule has 1 aromatic heterocycles. The van der Waals surface area contributed by atoms with Crippen molar-refractivity contribution in [1.82, 2.24) is 4.98 Å². The van der Waals surface area contributed by atoms with E-state index in [0.717, 1.165) is 0 Å². The summed E-state index contributed by atoms with van der Waals surface area (Å²) in [7, 11) is 1.59. The molecule has 1 heterocycles. The van der Waals surface area contributed by atoms with Gasteiger partial charge in [-0.1, -0.05) is 24.3 Å². The Morgan fingerprint density at radius 3 is 2.67 bits per heavy atom. The van der Waals surface area contributed by atoms with E-state index in [1.54, 1.807) is 43.5 Å².